The van der Waals surface area contributed by atoms with Crippen molar-refractivity contribution in [2.75, 3.05) is 37.7 Å². The molecular formula is C12H18N4O2. The number of benzene rings is 1. The van der Waals surface area contributed by atoms with Crippen molar-refractivity contribution in [3.63, 3.8) is 0 Å². The van der Waals surface area contributed by atoms with Gasteiger partial charge in [0.15, 0.2) is 17.7 Å². The highest BCUT2D eigenvalue weighted by Gasteiger charge is 2.25. The SMILES string of the molecule is NC1COc2cccc(N3CCN(N)CC3)c2O1. The zero-order valence-corrected chi connectivity index (χ0v) is 10.2. The van der Waals surface area contributed by atoms with Gasteiger partial charge in [0, 0.05) is 26.2 Å². The number of nitrogens with two attached hydrogens (primary N) is 2. The Hall–Kier alpha value is -1.50. The molecule has 3 rings (SSSR count). The van der Waals surface area contributed by atoms with Crippen molar-refractivity contribution in [2.24, 2.45) is 11.6 Å². The summed E-state index contributed by atoms with van der Waals surface area (Å²) in [5.41, 5.74) is 6.81. The van der Waals surface area contributed by atoms with Gasteiger partial charge in [0.25, 0.3) is 0 Å². The fraction of sp³-hybridized carbons (Fsp3) is 0.500. The molecule has 2 aliphatic rings. The number of hydrogen-bond acceptors (Lipinski definition) is 6. The van der Waals surface area contributed by atoms with Gasteiger partial charge in [0.2, 0.25) is 0 Å². The number of nitrogens with zero attached hydrogens (tertiary/aromatic N) is 2. The maximum absolute atomic E-state index is 5.78. The van der Waals surface area contributed by atoms with Crippen LogP contribution in [0.15, 0.2) is 18.2 Å². The van der Waals surface area contributed by atoms with Gasteiger partial charge in [-0.2, -0.15) is 0 Å². The molecule has 98 valence electrons. The van der Waals surface area contributed by atoms with E-state index in [1.165, 1.54) is 0 Å². The fourth-order valence-corrected chi connectivity index (χ4v) is 2.31. The van der Waals surface area contributed by atoms with Crippen LogP contribution in [0.5, 0.6) is 11.5 Å². The molecule has 0 bridgehead atoms. The lowest BCUT2D eigenvalue weighted by atomic mass is 10.2. The van der Waals surface area contributed by atoms with Gasteiger partial charge in [-0.25, -0.2) is 5.01 Å². The van der Waals surface area contributed by atoms with E-state index < -0.39 is 6.23 Å². The normalized spacial score (nSPS) is 24.1. The van der Waals surface area contributed by atoms with Crippen molar-refractivity contribution in [1.29, 1.82) is 0 Å². The van der Waals surface area contributed by atoms with Crippen LogP contribution in [0.3, 0.4) is 0 Å². The first-order chi connectivity index (χ1) is 8.74. The molecule has 0 radical (unpaired) electrons. The summed E-state index contributed by atoms with van der Waals surface area (Å²) in [6.07, 6.45) is -0.394. The van der Waals surface area contributed by atoms with Gasteiger partial charge in [-0.05, 0) is 12.1 Å². The third-order valence-electron chi connectivity index (χ3n) is 3.29. The summed E-state index contributed by atoms with van der Waals surface area (Å²) in [5.74, 6) is 7.29. The second-order valence-electron chi connectivity index (χ2n) is 4.59. The van der Waals surface area contributed by atoms with Crippen molar-refractivity contribution in [1.82, 2.24) is 5.01 Å². The molecule has 0 aromatic heterocycles. The van der Waals surface area contributed by atoms with Gasteiger partial charge >= 0.3 is 0 Å². The molecule has 1 atom stereocenters. The highest BCUT2D eigenvalue weighted by Crippen LogP contribution is 2.40. The van der Waals surface area contributed by atoms with Gasteiger partial charge in [-0.3, -0.25) is 11.6 Å². The van der Waals surface area contributed by atoms with Crippen LogP contribution in [0.1, 0.15) is 0 Å². The summed E-state index contributed by atoms with van der Waals surface area (Å²) in [5, 5.41) is 1.83. The zero-order valence-electron chi connectivity index (χ0n) is 10.2. The van der Waals surface area contributed by atoms with E-state index in [9.17, 15) is 0 Å². The minimum Gasteiger partial charge on any atom is -0.484 e. The predicted octanol–water partition coefficient (Wildman–Crippen LogP) is -0.262. The van der Waals surface area contributed by atoms with Crippen molar-refractivity contribution < 1.29 is 9.47 Å². The quantitative estimate of drug-likeness (QED) is 0.669. The molecule has 6 heteroatoms. The average Bonchev–Trinajstić information content (AvgIpc) is 2.39. The first-order valence-electron chi connectivity index (χ1n) is 6.16. The van der Waals surface area contributed by atoms with Gasteiger partial charge in [-0.1, -0.05) is 6.07 Å². The average molecular weight is 250 g/mol. The number of rotatable bonds is 1. The highest BCUT2D eigenvalue weighted by atomic mass is 16.6. The van der Waals surface area contributed by atoms with E-state index in [1.54, 1.807) is 0 Å². The summed E-state index contributed by atoms with van der Waals surface area (Å²) in [6, 6.07) is 5.92. The van der Waals surface area contributed by atoms with Crippen LogP contribution in [-0.2, 0) is 0 Å². The lowest BCUT2D eigenvalue weighted by Gasteiger charge is -2.36. The van der Waals surface area contributed by atoms with E-state index in [2.05, 4.69) is 4.90 Å². The maximum atomic E-state index is 5.78. The molecule has 0 aliphatic carbocycles. The number of para-hydroxylation sites is 1. The number of piperazine rings is 1. The van der Waals surface area contributed by atoms with Gasteiger partial charge < -0.3 is 14.4 Å². The number of ether oxygens (including phenoxy) is 2. The maximum Gasteiger partial charge on any atom is 0.187 e. The lowest BCUT2D eigenvalue weighted by molar-refractivity contribution is 0.0960. The summed E-state index contributed by atoms with van der Waals surface area (Å²) in [4.78, 5) is 2.25. The smallest absolute Gasteiger partial charge is 0.187 e. The standard InChI is InChI=1S/C12H18N4O2/c13-11-8-17-10-3-1-2-9(12(10)18-11)15-4-6-16(14)7-5-15/h1-3,11H,4-8,13-14H2. The van der Waals surface area contributed by atoms with Crippen LogP contribution in [0.25, 0.3) is 0 Å². The number of hydrazine groups is 1. The van der Waals surface area contributed by atoms with Gasteiger partial charge in [-0.15, -0.1) is 0 Å². The van der Waals surface area contributed by atoms with Crippen LogP contribution in [0.2, 0.25) is 0 Å². The van der Waals surface area contributed by atoms with E-state index in [-0.39, 0.29) is 0 Å². The minimum absolute atomic E-state index is 0.394. The van der Waals surface area contributed by atoms with E-state index in [0.717, 1.165) is 43.4 Å². The predicted molar refractivity (Wildman–Crippen MR) is 68.5 cm³/mol. The molecule has 1 unspecified atom stereocenters. The second kappa shape index (κ2) is 4.64. The largest absolute Gasteiger partial charge is 0.484 e. The van der Waals surface area contributed by atoms with Crippen LogP contribution < -0.4 is 25.9 Å². The first kappa shape index (κ1) is 11.6. The van der Waals surface area contributed by atoms with E-state index >= 15 is 0 Å². The number of anilines is 1. The van der Waals surface area contributed by atoms with Gasteiger partial charge in [0.1, 0.15) is 6.61 Å². The highest BCUT2D eigenvalue weighted by molar-refractivity contribution is 5.65. The Bertz CT molecular complexity index is 432. The number of hydrogen-bond donors (Lipinski definition) is 2. The molecule has 2 heterocycles. The van der Waals surface area contributed by atoms with E-state index in [4.69, 9.17) is 21.1 Å². The minimum atomic E-state index is -0.394. The molecule has 4 N–H and O–H groups in total. The molecular weight excluding hydrogens is 232 g/mol. The molecule has 1 saturated heterocycles. The molecule has 1 aromatic rings. The summed E-state index contributed by atoms with van der Waals surface area (Å²) in [7, 11) is 0. The Morgan fingerprint density at radius 1 is 1.17 bits per heavy atom. The fourth-order valence-electron chi connectivity index (χ4n) is 2.31. The van der Waals surface area contributed by atoms with E-state index in [1.807, 2.05) is 23.2 Å². The molecule has 0 spiro atoms. The Morgan fingerprint density at radius 3 is 2.72 bits per heavy atom. The lowest BCUT2D eigenvalue weighted by Crippen LogP contribution is -2.49. The molecule has 0 amide bonds. The molecule has 0 saturated carbocycles. The third-order valence-corrected chi connectivity index (χ3v) is 3.29. The molecule has 6 nitrogen and oxygen atoms in total. The van der Waals surface area contributed by atoms with E-state index in [0.29, 0.717) is 6.61 Å². The van der Waals surface area contributed by atoms with Gasteiger partial charge in [0.05, 0.1) is 5.69 Å². The van der Waals surface area contributed by atoms with Crippen molar-refractivity contribution in [3.05, 3.63) is 18.2 Å². The molecule has 1 aromatic carbocycles. The third kappa shape index (κ3) is 2.10. The summed E-state index contributed by atoms with van der Waals surface area (Å²) < 4.78 is 11.3. The molecule has 1 fully saturated rings. The van der Waals surface area contributed by atoms with Crippen LogP contribution in [-0.4, -0.2) is 44.0 Å². The topological polar surface area (TPSA) is 77.0 Å². The van der Waals surface area contributed by atoms with Crippen molar-refractivity contribution >= 4 is 5.69 Å². The van der Waals surface area contributed by atoms with Crippen molar-refractivity contribution in [3.8, 4) is 11.5 Å². The Balaban J connectivity index is 1.88. The Morgan fingerprint density at radius 2 is 1.94 bits per heavy atom. The zero-order chi connectivity index (χ0) is 12.5. The monoisotopic (exact) mass is 250 g/mol. The second-order valence-corrected chi connectivity index (χ2v) is 4.59. The number of fused-ring (bicyclic) bond motifs is 1. The summed E-state index contributed by atoms with van der Waals surface area (Å²) >= 11 is 0. The summed E-state index contributed by atoms with van der Waals surface area (Å²) in [6.45, 7) is 3.84. The van der Waals surface area contributed by atoms with Crippen LogP contribution in [0.4, 0.5) is 5.69 Å². The van der Waals surface area contributed by atoms with Crippen LogP contribution >= 0.6 is 0 Å². The van der Waals surface area contributed by atoms with Crippen molar-refractivity contribution in [2.45, 2.75) is 6.23 Å². The Kier molecular flexibility index (Phi) is 2.99. The molecule has 2 aliphatic heterocycles. The Labute approximate surface area is 106 Å². The van der Waals surface area contributed by atoms with Crippen LogP contribution in [0, 0.1) is 0 Å². The first-order valence-corrected chi connectivity index (χ1v) is 6.16. The molecule has 18 heavy (non-hydrogen) atoms.